The van der Waals surface area contributed by atoms with Crippen molar-refractivity contribution < 1.29 is 17.6 Å². The molecule has 3 rings (SSSR count). The zero-order valence-corrected chi connectivity index (χ0v) is 18.0. The molecule has 0 aliphatic carbocycles. The van der Waals surface area contributed by atoms with Gasteiger partial charge in [0.1, 0.15) is 5.58 Å². The van der Waals surface area contributed by atoms with Gasteiger partial charge in [-0.05, 0) is 36.8 Å². The minimum Gasteiger partial charge on any atom is -0.464 e. The molecule has 0 bridgehead atoms. The molecule has 0 radical (unpaired) electrons. The second-order valence-electron chi connectivity index (χ2n) is 7.35. The third-order valence-electron chi connectivity index (χ3n) is 4.66. The predicted molar refractivity (Wildman–Crippen MR) is 115 cm³/mol. The summed E-state index contributed by atoms with van der Waals surface area (Å²) in [5.41, 5.74) is 3.74. The second kappa shape index (κ2) is 7.88. The van der Waals surface area contributed by atoms with Crippen LogP contribution in [0.5, 0.6) is 0 Å². The summed E-state index contributed by atoms with van der Waals surface area (Å²) in [5.74, 6) is -0.254. The molecular formula is C21H25N3O4S. The Morgan fingerprint density at radius 2 is 1.79 bits per heavy atom. The van der Waals surface area contributed by atoms with Crippen molar-refractivity contribution in [2.75, 3.05) is 38.4 Å². The van der Waals surface area contributed by atoms with Crippen LogP contribution < -0.4 is 10.2 Å². The summed E-state index contributed by atoms with van der Waals surface area (Å²) in [6.07, 6.45) is 1.71. The predicted octanol–water partition coefficient (Wildman–Crippen LogP) is 3.24. The normalized spacial score (nSPS) is 11.8. The Hall–Kier alpha value is -2.84. The average Bonchev–Trinajstić information content (AvgIpc) is 3.02. The summed E-state index contributed by atoms with van der Waals surface area (Å²) in [7, 11) is 2.99. The van der Waals surface area contributed by atoms with Crippen LogP contribution in [-0.2, 0) is 21.2 Å². The van der Waals surface area contributed by atoms with Crippen molar-refractivity contribution in [2.45, 2.75) is 18.2 Å². The Morgan fingerprint density at radius 1 is 1.07 bits per heavy atom. The first-order valence-electron chi connectivity index (χ1n) is 9.10. The summed E-state index contributed by atoms with van der Waals surface area (Å²) in [4.78, 5) is 14.7. The number of sulfonamides is 1. The van der Waals surface area contributed by atoms with Gasteiger partial charge in [0.2, 0.25) is 15.9 Å². The van der Waals surface area contributed by atoms with Gasteiger partial charge in [-0.15, -0.1) is 0 Å². The molecule has 0 saturated carbocycles. The lowest BCUT2D eigenvalue weighted by molar-refractivity contribution is -0.115. The van der Waals surface area contributed by atoms with Crippen LogP contribution in [0, 0.1) is 6.92 Å². The minimum atomic E-state index is -3.61. The molecule has 1 heterocycles. The lowest BCUT2D eigenvalue weighted by Crippen LogP contribution is -2.23. The number of benzene rings is 2. The van der Waals surface area contributed by atoms with Crippen molar-refractivity contribution in [3.05, 3.63) is 53.8 Å². The highest BCUT2D eigenvalue weighted by Gasteiger charge is 2.20. The lowest BCUT2D eigenvalue weighted by atomic mass is 10.1. The maximum atomic E-state index is 12.7. The summed E-state index contributed by atoms with van der Waals surface area (Å²) in [6.45, 7) is 1.98. The lowest BCUT2D eigenvalue weighted by Gasteiger charge is -2.20. The maximum absolute atomic E-state index is 12.7. The fraction of sp³-hybridized carbons (Fsp3) is 0.286. The number of hydrogen-bond donors (Lipinski definition) is 1. The van der Waals surface area contributed by atoms with Gasteiger partial charge in [-0.1, -0.05) is 12.1 Å². The summed E-state index contributed by atoms with van der Waals surface area (Å²) in [6, 6.07) is 10.5. The van der Waals surface area contributed by atoms with Gasteiger partial charge in [-0.2, -0.15) is 0 Å². The van der Waals surface area contributed by atoms with Crippen molar-refractivity contribution in [3.63, 3.8) is 0 Å². The zero-order valence-electron chi connectivity index (χ0n) is 17.2. The first kappa shape index (κ1) is 20.9. The summed E-state index contributed by atoms with van der Waals surface area (Å²) >= 11 is 0. The van der Waals surface area contributed by atoms with E-state index < -0.39 is 10.0 Å². The highest BCUT2D eigenvalue weighted by atomic mass is 32.2. The van der Waals surface area contributed by atoms with Crippen molar-refractivity contribution in [1.82, 2.24) is 4.31 Å². The van der Waals surface area contributed by atoms with E-state index in [1.165, 1.54) is 26.2 Å². The Morgan fingerprint density at radius 3 is 2.45 bits per heavy atom. The molecule has 1 N–H and O–H groups in total. The first-order valence-corrected chi connectivity index (χ1v) is 10.5. The van der Waals surface area contributed by atoms with Gasteiger partial charge in [0.15, 0.2) is 0 Å². The van der Waals surface area contributed by atoms with Crippen LogP contribution in [0.4, 0.5) is 11.4 Å². The van der Waals surface area contributed by atoms with E-state index in [4.69, 9.17) is 4.42 Å². The molecule has 0 fully saturated rings. The molecule has 1 aromatic heterocycles. The third-order valence-corrected chi connectivity index (χ3v) is 6.48. The number of aryl methyl sites for hydroxylation is 1. The maximum Gasteiger partial charge on any atom is 0.242 e. The van der Waals surface area contributed by atoms with E-state index in [1.807, 2.05) is 44.1 Å². The highest BCUT2D eigenvalue weighted by molar-refractivity contribution is 7.89. The molecular weight excluding hydrogens is 390 g/mol. The molecule has 3 aromatic rings. The third kappa shape index (κ3) is 4.28. The molecule has 29 heavy (non-hydrogen) atoms. The number of anilines is 2. The van der Waals surface area contributed by atoms with Gasteiger partial charge in [0.25, 0.3) is 0 Å². The second-order valence-corrected chi connectivity index (χ2v) is 9.50. The quantitative estimate of drug-likeness (QED) is 0.668. The highest BCUT2D eigenvalue weighted by Crippen LogP contribution is 2.29. The van der Waals surface area contributed by atoms with Crippen LogP contribution in [0.25, 0.3) is 11.0 Å². The van der Waals surface area contributed by atoms with Gasteiger partial charge in [-0.25, -0.2) is 12.7 Å². The average molecular weight is 416 g/mol. The van der Waals surface area contributed by atoms with E-state index in [2.05, 4.69) is 5.32 Å². The van der Waals surface area contributed by atoms with Gasteiger partial charge >= 0.3 is 0 Å². The van der Waals surface area contributed by atoms with E-state index >= 15 is 0 Å². The molecule has 0 aliphatic heterocycles. The molecule has 154 valence electrons. The van der Waals surface area contributed by atoms with Crippen molar-refractivity contribution in [1.29, 1.82) is 0 Å². The van der Waals surface area contributed by atoms with E-state index in [1.54, 1.807) is 12.3 Å². The number of fused-ring (bicyclic) bond motifs is 1. The first-order chi connectivity index (χ1) is 13.6. The van der Waals surface area contributed by atoms with E-state index in [-0.39, 0.29) is 17.2 Å². The number of rotatable bonds is 6. The molecule has 8 heteroatoms. The van der Waals surface area contributed by atoms with E-state index in [9.17, 15) is 13.2 Å². The molecule has 0 aliphatic rings. The zero-order chi connectivity index (χ0) is 21.3. The van der Waals surface area contributed by atoms with Crippen LogP contribution in [-0.4, -0.2) is 46.8 Å². The fourth-order valence-corrected chi connectivity index (χ4v) is 4.00. The molecule has 7 nitrogen and oxygen atoms in total. The van der Waals surface area contributed by atoms with Gasteiger partial charge < -0.3 is 14.6 Å². The van der Waals surface area contributed by atoms with Crippen LogP contribution in [0.1, 0.15) is 11.1 Å². The van der Waals surface area contributed by atoms with Crippen molar-refractivity contribution in [3.8, 4) is 0 Å². The van der Waals surface area contributed by atoms with Crippen molar-refractivity contribution in [2.24, 2.45) is 0 Å². The molecule has 0 saturated heterocycles. The Labute approximate surface area is 171 Å². The van der Waals surface area contributed by atoms with E-state index in [0.717, 1.165) is 26.4 Å². The fourth-order valence-electron chi connectivity index (χ4n) is 3.07. The number of furan rings is 1. The SMILES string of the molecule is Cc1ccc2c(CC(=O)Nc3cc(S(=O)(=O)N(C)C)ccc3N(C)C)coc2c1. The smallest absolute Gasteiger partial charge is 0.242 e. The van der Waals surface area contributed by atoms with Crippen molar-refractivity contribution >= 4 is 38.3 Å². The summed E-state index contributed by atoms with van der Waals surface area (Å²) in [5, 5.41) is 3.74. The standard InChI is InChI=1S/C21H25N3O4S/c1-14-6-8-17-15(13-28-20(17)10-14)11-21(25)22-18-12-16(29(26,27)24(4)5)7-9-19(18)23(2)3/h6-10,12-13H,11H2,1-5H3,(H,22,25). The number of carbonyl (C=O) groups excluding carboxylic acids is 1. The molecule has 1 amide bonds. The Kier molecular flexibility index (Phi) is 5.68. The number of nitrogens with zero attached hydrogens (tertiary/aromatic N) is 2. The topological polar surface area (TPSA) is 82.9 Å². The van der Waals surface area contributed by atoms with Gasteiger partial charge in [0, 0.05) is 39.1 Å². The van der Waals surface area contributed by atoms with Crippen LogP contribution >= 0.6 is 0 Å². The number of carbonyl (C=O) groups is 1. The molecule has 2 aromatic carbocycles. The van der Waals surface area contributed by atoms with Crippen LogP contribution in [0.3, 0.4) is 0 Å². The minimum absolute atomic E-state index is 0.118. The van der Waals surface area contributed by atoms with Crippen LogP contribution in [0.15, 0.2) is 52.0 Å². The Bertz CT molecular complexity index is 1160. The molecule has 0 spiro atoms. The molecule has 0 unspecified atom stereocenters. The largest absolute Gasteiger partial charge is 0.464 e. The number of nitrogens with one attached hydrogen (secondary N) is 1. The Balaban J connectivity index is 1.90. The van der Waals surface area contributed by atoms with Gasteiger partial charge in [0.05, 0.1) is 29.0 Å². The monoisotopic (exact) mass is 415 g/mol. The summed E-state index contributed by atoms with van der Waals surface area (Å²) < 4.78 is 31.6. The van der Waals surface area contributed by atoms with E-state index in [0.29, 0.717) is 11.4 Å². The number of hydrogen-bond acceptors (Lipinski definition) is 5. The molecule has 0 atom stereocenters. The number of amides is 1. The van der Waals surface area contributed by atoms with Gasteiger partial charge in [-0.3, -0.25) is 4.79 Å². The van der Waals surface area contributed by atoms with Crippen LogP contribution in [0.2, 0.25) is 0 Å².